The highest BCUT2D eigenvalue weighted by atomic mass is 32.2. The molecular formula is C16H19F2N3OS. The second-order valence-corrected chi connectivity index (χ2v) is 6.56. The molecule has 0 fully saturated rings. The summed E-state index contributed by atoms with van der Waals surface area (Å²) in [4.78, 5) is 7.80. The van der Waals surface area contributed by atoms with Crippen molar-refractivity contribution in [2.24, 2.45) is 9.98 Å². The summed E-state index contributed by atoms with van der Waals surface area (Å²) < 4.78 is 38.4. The van der Waals surface area contributed by atoms with Crippen LogP contribution < -0.4 is 0 Å². The van der Waals surface area contributed by atoms with Gasteiger partial charge in [0, 0.05) is 31.5 Å². The average Bonchev–Trinajstić information content (AvgIpc) is 2.44. The van der Waals surface area contributed by atoms with E-state index in [1.165, 1.54) is 13.3 Å². The maximum Gasteiger partial charge on any atom is 0.303 e. The Morgan fingerprint density at radius 3 is 2.57 bits per heavy atom. The van der Waals surface area contributed by atoms with Gasteiger partial charge < -0.3 is 0 Å². The third-order valence-electron chi connectivity index (χ3n) is 3.20. The molecule has 0 amide bonds. The van der Waals surface area contributed by atoms with E-state index in [0.717, 1.165) is 23.6 Å². The van der Waals surface area contributed by atoms with Gasteiger partial charge in [-0.15, -0.1) is 0 Å². The number of hydrogen-bond acceptors (Lipinski definition) is 3. The zero-order valence-electron chi connectivity index (χ0n) is 13.6. The van der Waals surface area contributed by atoms with E-state index in [1.54, 1.807) is 6.07 Å². The van der Waals surface area contributed by atoms with Crippen molar-refractivity contribution in [2.45, 2.75) is 38.0 Å². The molecule has 1 rings (SSSR count). The van der Waals surface area contributed by atoms with Crippen LogP contribution >= 0.6 is 0 Å². The van der Waals surface area contributed by atoms with Gasteiger partial charge in [0.15, 0.2) is 5.84 Å². The lowest BCUT2D eigenvalue weighted by atomic mass is 10.0. The average molecular weight is 339 g/mol. The van der Waals surface area contributed by atoms with E-state index in [9.17, 15) is 13.0 Å². The molecule has 0 saturated carbocycles. The Hall–Kier alpha value is -1.94. The summed E-state index contributed by atoms with van der Waals surface area (Å²) in [6, 6.07) is 5.50. The Morgan fingerprint density at radius 1 is 1.39 bits per heavy atom. The molecule has 1 unspecified atom stereocenters. The van der Waals surface area contributed by atoms with Crippen LogP contribution in [0, 0.1) is 25.2 Å². The molecule has 0 aliphatic rings. The molecule has 0 bridgehead atoms. The number of halogens is 2. The Kier molecular flexibility index (Phi) is 6.70. The second kappa shape index (κ2) is 8.06. The molecule has 0 aliphatic heterocycles. The molecule has 4 nitrogen and oxygen atoms in total. The van der Waals surface area contributed by atoms with E-state index >= 15 is 0 Å². The van der Waals surface area contributed by atoms with Crippen LogP contribution in [0.3, 0.4) is 0 Å². The normalized spacial score (nSPS) is 14.0. The minimum atomic E-state index is -3.09. The van der Waals surface area contributed by atoms with Crippen LogP contribution in [-0.4, -0.2) is 35.0 Å². The molecule has 0 spiro atoms. The standard InChI is InChI=1S/C16H19F2N3OS/c1-11-9-12(2)14(23(22)8-6-19)10-13(11)5-7-21-15(20-4)16(3,17)18/h7,9-10H,5,8H2,1-4H3. The number of aliphatic imine (C=N–C) groups is 2. The molecule has 0 aromatic heterocycles. The summed E-state index contributed by atoms with van der Waals surface area (Å²) in [6.07, 6.45) is 1.69. The van der Waals surface area contributed by atoms with Gasteiger partial charge in [-0.05, 0) is 36.6 Å². The largest absolute Gasteiger partial charge is 0.303 e. The molecule has 124 valence electrons. The van der Waals surface area contributed by atoms with Gasteiger partial charge in [0.25, 0.3) is 0 Å². The van der Waals surface area contributed by atoms with Crippen molar-refractivity contribution < 1.29 is 13.0 Å². The predicted octanol–water partition coefficient (Wildman–Crippen LogP) is 3.23. The molecule has 1 aromatic carbocycles. The molecule has 1 atom stereocenters. The predicted molar refractivity (Wildman–Crippen MR) is 89.0 cm³/mol. The zero-order valence-corrected chi connectivity index (χ0v) is 14.4. The molecule has 0 N–H and O–H groups in total. The molecule has 0 radical (unpaired) electrons. The second-order valence-electron chi connectivity index (χ2n) is 5.14. The monoisotopic (exact) mass is 339 g/mol. The van der Waals surface area contributed by atoms with Crippen LogP contribution in [0.1, 0.15) is 23.6 Å². The number of benzene rings is 1. The van der Waals surface area contributed by atoms with Gasteiger partial charge in [-0.25, -0.2) is 4.99 Å². The van der Waals surface area contributed by atoms with Gasteiger partial charge in [-0.3, -0.25) is 9.20 Å². The lowest BCUT2D eigenvalue weighted by Crippen LogP contribution is -2.22. The van der Waals surface area contributed by atoms with Crippen molar-refractivity contribution in [3.8, 4) is 6.07 Å². The highest BCUT2D eigenvalue weighted by Gasteiger charge is 2.28. The minimum absolute atomic E-state index is 0.0773. The van der Waals surface area contributed by atoms with Crippen molar-refractivity contribution in [1.29, 1.82) is 5.26 Å². The van der Waals surface area contributed by atoms with Crippen molar-refractivity contribution in [1.82, 2.24) is 0 Å². The highest BCUT2D eigenvalue weighted by Crippen LogP contribution is 2.20. The Bertz CT molecular complexity index is 701. The summed E-state index contributed by atoms with van der Waals surface area (Å²) in [6.45, 7) is 4.46. The van der Waals surface area contributed by atoms with E-state index in [2.05, 4.69) is 9.98 Å². The first-order valence-corrected chi connectivity index (χ1v) is 8.25. The van der Waals surface area contributed by atoms with Gasteiger partial charge in [0.2, 0.25) is 0 Å². The van der Waals surface area contributed by atoms with Crippen molar-refractivity contribution in [3.05, 3.63) is 28.8 Å². The molecule has 0 saturated heterocycles. The number of aryl methyl sites for hydroxylation is 2. The number of hydrogen-bond donors (Lipinski definition) is 0. The Morgan fingerprint density at radius 2 is 2.04 bits per heavy atom. The summed E-state index contributed by atoms with van der Waals surface area (Å²) in [7, 11) is -0.125. The number of amidine groups is 1. The smallest absolute Gasteiger partial charge is 0.269 e. The van der Waals surface area contributed by atoms with Crippen LogP contribution in [0.2, 0.25) is 0 Å². The topological polar surface area (TPSA) is 65.6 Å². The molecule has 23 heavy (non-hydrogen) atoms. The summed E-state index contributed by atoms with van der Waals surface area (Å²) in [5.74, 6) is -3.70. The van der Waals surface area contributed by atoms with Crippen molar-refractivity contribution >= 4 is 22.8 Å². The fourth-order valence-corrected chi connectivity index (χ4v) is 3.04. The van der Waals surface area contributed by atoms with Gasteiger partial charge in [-0.2, -0.15) is 14.0 Å². The summed E-state index contributed by atoms with van der Waals surface area (Å²) in [5.41, 5.74) is 2.62. The van der Waals surface area contributed by atoms with Gasteiger partial charge >= 0.3 is 5.92 Å². The Balaban J connectivity index is 3.04. The molecule has 0 aliphatic carbocycles. The zero-order chi connectivity index (χ0) is 17.6. The third-order valence-corrected chi connectivity index (χ3v) is 4.53. The van der Waals surface area contributed by atoms with E-state index in [4.69, 9.17) is 5.26 Å². The third kappa shape index (κ3) is 5.32. The van der Waals surface area contributed by atoms with Crippen LogP contribution in [0.25, 0.3) is 0 Å². The van der Waals surface area contributed by atoms with Crippen LogP contribution in [-0.2, 0) is 17.2 Å². The molecule has 1 aromatic rings. The number of nitriles is 1. The number of rotatable bonds is 5. The van der Waals surface area contributed by atoms with E-state index in [0.29, 0.717) is 11.3 Å². The van der Waals surface area contributed by atoms with Gasteiger partial charge in [-0.1, -0.05) is 6.07 Å². The first-order valence-electron chi connectivity index (χ1n) is 6.93. The van der Waals surface area contributed by atoms with E-state index in [-0.39, 0.29) is 5.75 Å². The van der Waals surface area contributed by atoms with Crippen molar-refractivity contribution in [3.63, 3.8) is 0 Å². The fraction of sp³-hybridized carbons (Fsp3) is 0.438. The lowest BCUT2D eigenvalue weighted by molar-refractivity contribution is 0.0990. The summed E-state index contributed by atoms with van der Waals surface area (Å²) >= 11 is 0. The molecule has 7 heteroatoms. The van der Waals surface area contributed by atoms with Gasteiger partial charge in [0.1, 0.15) is 5.75 Å². The van der Waals surface area contributed by atoms with Gasteiger partial charge in [0.05, 0.1) is 16.9 Å². The fourth-order valence-electron chi connectivity index (χ4n) is 2.07. The lowest BCUT2D eigenvalue weighted by Gasteiger charge is -2.10. The number of alkyl halides is 2. The number of nitrogens with zero attached hydrogens (tertiary/aromatic N) is 3. The van der Waals surface area contributed by atoms with Crippen LogP contribution in [0.5, 0.6) is 0 Å². The molecule has 0 heterocycles. The SMILES string of the molecule is CN=C(N=CCc1cc(S(=O)CC#N)c(C)cc1C)C(C)(F)F. The highest BCUT2D eigenvalue weighted by molar-refractivity contribution is 7.85. The summed E-state index contributed by atoms with van der Waals surface area (Å²) in [5, 5.41) is 8.67. The van der Waals surface area contributed by atoms with Crippen LogP contribution in [0.15, 0.2) is 27.0 Å². The first-order chi connectivity index (χ1) is 10.7. The van der Waals surface area contributed by atoms with Crippen LogP contribution in [0.4, 0.5) is 8.78 Å². The maximum absolute atomic E-state index is 13.2. The van der Waals surface area contributed by atoms with Crippen molar-refractivity contribution in [2.75, 3.05) is 12.8 Å². The Labute approximate surface area is 137 Å². The molecular weight excluding hydrogens is 320 g/mol. The van der Waals surface area contributed by atoms with E-state index in [1.807, 2.05) is 26.0 Å². The minimum Gasteiger partial charge on any atom is -0.269 e. The first kappa shape index (κ1) is 19.1. The quantitative estimate of drug-likeness (QED) is 0.610. The van der Waals surface area contributed by atoms with E-state index < -0.39 is 22.6 Å². The maximum atomic E-state index is 13.2.